The van der Waals surface area contributed by atoms with Crippen molar-refractivity contribution in [1.29, 1.82) is 0 Å². The van der Waals surface area contributed by atoms with Crippen LogP contribution in [0.15, 0.2) is 30.3 Å². The Bertz CT molecular complexity index is 671. The van der Waals surface area contributed by atoms with Gasteiger partial charge in [0, 0.05) is 29.1 Å². The molecule has 0 bridgehead atoms. The highest BCUT2D eigenvalue weighted by atomic mass is 16.5. The SMILES string of the molecule is CCn1c(C)cc(C(=O)COc2cccc(C=O)c2)c1C. The van der Waals surface area contributed by atoms with Crippen LogP contribution in [0.25, 0.3) is 0 Å². The minimum Gasteiger partial charge on any atom is -0.485 e. The van der Waals surface area contributed by atoms with E-state index in [1.165, 1.54) is 0 Å². The minimum atomic E-state index is -0.0562. The van der Waals surface area contributed by atoms with Crippen LogP contribution in [-0.2, 0) is 6.54 Å². The van der Waals surface area contributed by atoms with Gasteiger partial charge in [-0.15, -0.1) is 0 Å². The van der Waals surface area contributed by atoms with Gasteiger partial charge in [0.2, 0.25) is 5.78 Å². The van der Waals surface area contributed by atoms with E-state index < -0.39 is 0 Å². The van der Waals surface area contributed by atoms with Gasteiger partial charge in [-0.3, -0.25) is 9.59 Å². The quantitative estimate of drug-likeness (QED) is 0.605. The normalized spacial score (nSPS) is 10.4. The predicted octanol–water partition coefficient (Wildman–Crippen LogP) is 3.20. The Balaban J connectivity index is 2.10. The van der Waals surface area contributed by atoms with E-state index in [9.17, 15) is 9.59 Å². The summed E-state index contributed by atoms with van der Waals surface area (Å²) < 4.78 is 7.58. The molecule has 1 heterocycles. The van der Waals surface area contributed by atoms with Crippen molar-refractivity contribution in [3.63, 3.8) is 0 Å². The molecule has 0 aliphatic rings. The molecule has 0 spiro atoms. The zero-order valence-corrected chi connectivity index (χ0v) is 12.6. The van der Waals surface area contributed by atoms with Crippen molar-refractivity contribution in [2.24, 2.45) is 0 Å². The standard InChI is InChI=1S/C17H19NO3/c1-4-18-12(2)8-16(13(18)3)17(20)11-21-15-7-5-6-14(9-15)10-19/h5-10H,4,11H2,1-3H3. The van der Waals surface area contributed by atoms with Crippen molar-refractivity contribution >= 4 is 12.1 Å². The first-order valence-electron chi connectivity index (χ1n) is 6.94. The van der Waals surface area contributed by atoms with Gasteiger partial charge in [-0.2, -0.15) is 0 Å². The molecule has 110 valence electrons. The van der Waals surface area contributed by atoms with Crippen molar-refractivity contribution < 1.29 is 14.3 Å². The number of ether oxygens (including phenoxy) is 1. The monoisotopic (exact) mass is 285 g/mol. The highest BCUT2D eigenvalue weighted by Gasteiger charge is 2.15. The molecule has 0 atom stereocenters. The summed E-state index contributed by atoms with van der Waals surface area (Å²) in [6.45, 7) is 6.79. The second kappa shape index (κ2) is 6.39. The molecule has 0 radical (unpaired) electrons. The highest BCUT2D eigenvalue weighted by Crippen LogP contribution is 2.17. The highest BCUT2D eigenvalue weighted by molar-refractivity contribution is 5.98. The van der Waals surface area contributed by atoms with Gasteiger partial charge in [-0.05, 0) is 39.0 Å². The number of carbonyl (C=O) groups is 2. The van der Waals surface area contributed by atoms with Gasteiger partial charge in [0.25, 0.3) is 0 Å². The van der Waals surface area contributed by atoms with Crippen LogP contribution in [0.2, 0.25) is 0 Å². The third-order valence-corrected chi connectivity index (χ3v) is 3.55. The molecular weight excluding hydrogens is 266 g/mol. The summed E-state index contributed by atoms with van der Waals surface area (Å²) in [4.78, 5) is 23.0. The van der Waals surface area contributed by atoms with Crippen LogP contribution < -0.4 is 4.74 Å². The largest absolute Gasteiger partial charge is 0.485 e. The van der Waals surface area contributed by atoms with Crippen molar-refractivity contribution in [3.05, 3.63) is 52.8 Å². The number of ketones is 1. The van der Waals surface area contributed by atoms with Crippen LogP contribution in [0.1, 0.15) is 39.0 Å². The summed E-state index contributed by atoms with van der Waals surface area (Å²) in [5.74, 6) is 0.469. The molecule has 1 aromatic carbocycles. The molecule has 1 aromatic heterocycles. The molecule has 0 fully saturated rings. The molecule has 0 saturated heterocycles. The number of hydrogen-bond donors (Lipinski definition) is 0. The van der Waals surface area contributed by atoms with E-state index in [1.54, 1.807) is 24.3 Å². The topological polar surface area (TPSA) is 48.3 Å². The Morgan fingerprint density at radius 1 is 1.29 bits per heavy atom. The molecule has 0 N–H and O–H groups in total. The van der Waals surface area contributed by atoms with E-state index in [0.717, 1.165) is 24.2 Å². The van der Waals surface area contributed by atoms with E-state index in [4.69, 9.17) is 4.74 Å². The number of carbonyl (C=O) groups excluding carboxylic acids is 2. The number of hydrogen-bond acceptors (Lipinski definition) is 3. The maximum Gasteiger partial charge on any atom is 0.202 e. The number of rotatable bonds is 6. The lowest BCUT2D eigenvalue weighted by molar-refractivity contribution is 0.0921. The summed E-state index contributed by atoms with van der Waals surface area (Å²) in [5, 5.41) is 0. The molecule has 2 aromatic rings. The number of aryl methyl sites for hydroxylation is 1. The van der Waals surface area contributed by atoms with Crippen LogP contribution in [0.5, 0.6) is 5.75 Å². The molecule has 0 saturated carbocycles. The zero-order chi connectivity index (χ0) is 15.4. The summed E-state index contributed by atoms with van der Waals surface area (Å²) in [5.41, 5.74) is 3.26. The van der Waals surface area contributed by atoms with Crippen molar-refractivity contribution in [2.45, 2.75) is 27.3 Å². The van der Waals surface area contributed by atoms with Crippen molar-refractivity contribution in [3.8, 4) is 5.75 Å². The minimum absolute atomic E-state index is 0.0314. The second-order valence-corrected chi connectivity index (χ2v) is 4.93. The molecular formula is C17H19NO3. The average molecular weight is 285 g/mol. The van der Waals surface area contributed by atoms with E-state index in [2.05, 4.69) is 11.5 Å². The van der Waals surface area contributed by atoms with E-state index in [0.29, 0.717) is 16.9 Å². The van der Waals surface area contributed by atoms with E-state index in [1.807, 2.05) is 19.9 Å². The molecule has 2 rings (SSSR count). The van der Waals surface area contributed by atoms with Gasteiger partial charge >= 0.3 is 0 Å². The predicted molar refractivity (Wildman–Crippen MR) is 81.2 cm³/mol. The first-order valence-corrected chi connectivity index (χ1v) is 6.94. The lowest BCUT2D eigenvalue weighted by Crippen LogP contribution is -2.13. The van der Waals surface area contributed by atoms with Gasteiger partial charge in [-0.25, -0.2) is 0 Å². The molecule has 21 heavy (non-hydrogen) atoms. The Hall–Kier alpha value is -2.36. The fourth-order valence-electron chi connectivity index (χ4n) is 2.47. The van der Waals surface area contributed by atoms with Gasteiger partial charge in [0.05, 0.1) is 0 Å². The van der Waals surface area contributed by atoms with Crippen LogP contribution >= 0.6 is 0 Å². The Morgan fingerprint density at radius 2 is 2.05 bits per heavy atom. The molecule has 0 aliphatic heterocycles. The van der Waals surface area contributed by atoms with Crippen LogP contribution in [0.4, 0.5) is 0 Å². The van der Waals surface area contributed by atoms with Crippen LogP contribution in [0, 0.1) is 13.8 Å². The van der Waals surface area contributed by atoms with Crippen molar-refractivity contribution in [2.75, 3.05) is 6.61 Å². The molecule has 0 amide bonds. The third kappa shape index (κ3) is 3.21. The fourth-order valence-corrected chi connectivity index (χ4v) is 2.47. The average Bonchev–Trinajstić information content (AvgIpc) is 2.79. The lowest BCUT2D eigenvalue weighted by Gasteiger charge is -2.07. The van der Waals surface area contributed by atoms with E-state index >= 15 is 0 Å². The molecule has 4 heteroatoms. The molecule has 0 aliphatic carbocycles. The van der Waals surface area contributed by atoms with Gasteiger partial charge < -0.3 is 9.30 Å². The Kier molecular flexibility index (Phi) is 4.58. The van der Waals surface area contributed by atoms with E-state index in [-0.39, 0.29) is 12.4 Å². The number of aldehydes is 1. The first kappa shape index (κ1) is 15.0. The summed E-state index contributed by atoms with van der Waals surface area (Å²) in [6.07, 6.45) is 0.754. The molecule has 0 unspecified atom stereocenters. The third-order valence-electron chi connectivity index (χ3n) is 3.55. The Labute approximate surface area is 124 Å². The lowest BCUT2D eigenvalue weighted by atomic mass is 10.1. The summed E-state index contributed by atoms with van der Waals surface area (Å²) in [6, 6.07) is 8.67. The smallest absolute Gasteiger partial charge is 0.202 e. The van der Waals surface area contributed by atoms with Gasteiger partial charge in [0.15, 0.2) is 6.61 Å². The Morgan fingerprint density at radius 3 is 2.67 bits per heavy atom. The second-order valence-electron chi connectivity index (χ2n) is 4.93. The van der Waals surface area contributed by atoms with Gasteiger partial charge in [-0.1, -0.05) is 12.1 Å². The maximum atomic E-state index is 12.3. The van der Waals surface area contributed by atoms with Crippen molar-refractivity contribution in [1.82, 2.24) is 4.57 Å². The van der Waals surface area contributed by atoms with Gasteiger partial charge in [0.1, 0.15) is 12.0 Å². The number of aromatic nitrogens is 1. The van der Waals surface area contributed by atoms with Crippen LogP contribution in [-0.4, -0.2) is 23.2 Å². The zero-order valence-electron chi connectivity index (χ0n) is 12.6. The maximum absolute atomic E-state index is 12.3. The first-order chi connectivity index (χ1) is 10.1. The van der Waals surface area contributed by atoms with Crippen LogP contribution in [0.3, 0.4) is 0 Å². The summed E-state index contributed by atoms with van der Waals surface area (Å²) >= 11 is 0. The number of nitrogens with zero attached hydrogens (tertiary/aromatic N) is 1. The molecule has 4 nitrogen and oxygen atoms in total. The summed E-state index contributed by atoms with van der Waals surface area (Å²) in [7, 11) is 0. The fraction of sp³-hybridized carbons (Fsp3) is 0.294. The number of benzene rings is 1. The number of Topliss-reactive ketones (excluding diaryl/α,β-unsaturated/α-hetero) is 1.